The van der Waals surface area contributed by atoms with E-state index in [2.05, 4.69) is 35.2 Å². The molecule has 0 radical (unpaired) electrons. The second-order valence-corrected chi connectivity index (χ2v) is 6.30. The molecule has 1 fully saturated rings. The second kappa shape index (κ2) is 11.1. The number of rotatable bonds is 6. The molecule has 1 aliphatic heterocycles. The molecule has 0 amide bonds. The minimum Gasteiger partial charge on any atom is -0.494 e. The van der Waals surface area contributed by atoms with E-state index in [4.69, 9.17) is 4.74 Å². The molecule has 0 aromatic heterocycles. The molecule has 0 saturated carbocycles. The number of nitrogens with zero attached hydrogens (tertiary/aromatic N) is 1. The van der Waals surface area contributed by atoms with Crippen molar-refractivity contribution in [2.24, 2.45) is 5.92 Å². The van der Waals surface area contributed by atoms with Gasteiger partial charge in [0.05, 0.1) is 6.61 Å². The summed E-state index contributed by atoms with van der Waals surface area (Å²) in [6, 6.07) is 16.9. The van der Waals surface area contributed by atoms with Crippen LogP contribution in [0.3, 0.4) is 0 Å². The summed E-state index contributed by atoms with van der Waals surface area (Å²) in [5.41, 5.74) is 1.39. The normalized spacial score (nSPS) is 15.1. The van der Waals surface area contributed by atoms with Crippen LogP contribution in [-0.2, 0) is 6.54 Å². The Hall–Kier alpha value is -1.62. The van der Waals surface area contributed by atoms with Gasteiger partial charge in [0.15, 0.2) is 0 Å². The number of hydrogen-bond donors (Lipinski definition) is 0. The van der Waals surface area contributed by atoms with Gasteiger partial charge >= 0.3 is 0 Å². The van der Waals surface area contributed by atoms with Gasteiger partial charge in [0.2, 0.25) is 0 Å². The van der Waals surface area contributed by atoms with Crippen LogP contribution >= 0.6 is 12.4 Å². The topological polar surface area (TPSA) is 44.0 Å². The molecule has 2 aromatic carbocycles. The van der Waals surface area contributed by atoms with Gasteiger partial charge in [-0.1, -0.05) is 30.3 Å². The summed E-state index contributed by atoms with van der Waals surface area (Å²) in [6.45, 7) is 4.10. The van der Waals surface area contributed by atoms with Crippen LogP contribution in [0, 0.1) is 11.7 Å². The Morgan fingerprint density at radius 3 is 2.24 bits per heavy atom. The van der Waals surface area contributed by atoms with Crippen molar-refractivity contribution in [3.63, 3.8) is 0 Å². The third-order valence-corrected chi connectivity index (χ3v) is 4.56. The predicted octanol–water partition coefficient (Wildman–Crippen LogP) is 4.10. The van der Waals surface area contributed by atoms with Crippen molar-refractivity contribution in [1.82, 2.24) is 4.90 Å². The lowest BCUT2D eigenvalue weighted by Crippen LogP contribution is -2.33. The van der Waals surface area contributed by atoms with E-state index in [1.807, 2.05) is 0 Å². The summed E-state index contributed by atoms with van der Waals surface area (Å²) in [7, 11) is 0. The first-order valence-electron chi connectivity index (χ1n) is 8.44. The molecule has 5 heteroatoms. The monoisotopic (exact) mass is 367 g/mol. The Bertz CT molecular complexity index is 586. The lowest BCUT2D eigenvalue weighted by Gasteiger charge is -2.32. The SMILES string of the molecule is Cl.Fc1ccc(OCCC2CCN(Cc3ccccc3)CC2)cc1.O. The van der Waals surface area contributed by atoms with E-state index in [1.54, 1.807) is 12.1 Å². The summed E-state index contributed by atoms with van der Waals surface area (Å²) in [6.07, 6.45) is 3.55. The van der Waals surface area contributed by atoms with Crippen molar-refractivity contribution in [1.29, 1.82) is 0 Å². The highest BCUT2D eigenvalue weighted by molar-refractivity contribution is 5.85. The van der Waals surface area contributed by atoms with E-state index in [0.717, 1.165) is 44.3 Å². The Morgan fingerprint density at radius 1 is 0.960 bits per heavy atom. The Labute approximate surface area is 155 Å². The minimum atomic E-state index is -0.219. The first-order valence-corrected chi connectivity index (χ1v) is 8.44. The molecule has 0 aliphatic carbocycles. The van der Waals surface area contributed by atoms with Crippen LogP contribution in [0.5, 0.6) is 5.75 Å². The van der Waals surface area contributed by atoms with Crippen LogP contribution < -0.4 is 4.74 Å². The molecule has 138 valence electrons. The number of hydrogen-bond acceptors (Lipinski definition) is 2. The highest BCUT2D eigenvalue weighted by Crippen LogP contribution is 2.22. The Balaban J connectivity index is 0.00000156. The van der Waals surface area contributed by atoms with Crippen molar-refractivity contribution in [3.8, 4) is 5.75 Å². The number of likely N-dealkylation sites (tertiary alicyclic amines) is 1. The van der Waals surface area contributed by atoms with E-state index >= 15 is 0 Å². The van der Waals surface area contributed by atoms with Crippen LogP contribution in [0.15, 0.2) is 54.6 Å². The predicted molar refractivity (Wildman–Crippen MR) is 102 cm³/mol. The van der Waals surface area contributed by atoms with E-state index in [1.165, 1.54) is 30.5 Å². The van der Waals surface area contributed by atoms with Gasteiger partial charge < -0.3 is 10.2 Å². The Kier molecular flexibility index (Phi) is 9.50. The van der Waals surface area contributed by atoms with E-state index in [0.29, 0.717) is 0 Å². The van der Waals surface area contributed by atoms with Gasteiger partial charge in [0.1, 0.15) is 11.6 Å². The zero-order chi connectivity index (χ0) is 15.9. The Morgan fingerprint density at radius 2 is 1.60 bits per heavy atom. The molecule has 1 saturated heterocycles. The highest BCUT2D eigenvalue weighted by Gasteiger charge is 2.19. The number of piperidine rings is 1. The fourth-order valence-corrected chi connectivity index (χ4v) is 3.15. The molecular formula is C20H27ClFNO2. The summed E-state index contributed by atoms with van der Waals surface area (Å²) >= 11 is 0. The minimum absolute atomic E-state index is 0. The number of halogens is 2. The molecule has 2 aromatic rings. The average Bonchev–Trinajstić information content (AvgIpc) is 2.59. The molecular weight excluding hydrogens is 341 g/mol. The third kappa shape index (κ3) is 7.02. The van der Waals surface area contributed by atoms with Gasteiger partial charge in [0, 0.05) is 6.54 Å². The smallest absolute Gasteiger partial charge is 0.123 e. The largest absolute Gasteiger partial charge is 0.494 e. The standard InChI is InChI=1S/C20H24FNO.ClH.H2O/c21-19-6-8-20(9-7-19)23-15-12-17-10-13-22(14-11-17)16-18-4-2-1-3-5-18;;/h1-9,17H,10-16H2;1H;1H2. The molecule has 1 heterocycles. The van der Waals surface area contributed by atoms with Crippen molar-refractivity contribution in [3.05, 3.63) is 66.0 Å². The molecule has 0 spiro atoms. The molecule has 1 aliphatic rings. The van der Waals surface area contributed by atoms with Gasteiger partial charge in [-0.3, -0.25) is 4.90 Å². The van der Waals surface area contributed by atoms with Gasteiger partial charge in [-0.05, 0) is 68.1 Å². The summed E-state index contributed by atoms with van der Waals surface area (Å²) in [5.74, 6) is 1.28. The van der Waals surface area contributed by atoms with E-state index in [9.17, 15) is 4.39 Å². The van der Waals surface area contributed by atoms with Gasteiger partial charge in [0.25, 0.3) is 0 Å². The number of benzene rings is 2. The van der Waals surface area contributed by atoms with Crippen molar-refractivity contribution >= 4 is 12.4 Å². The lowest BCUT2D eigenvalue weighted by molar-refractivity contribution is 0.157. The highest BCUT2D eigenvalue weighted by atomic mass is 35.5. The molecule has 2 N–H and O–H groups in total. The van der Waals surface area contributed by atoms with Crippen LogP contribution in [0.1, 0.15) is 24.8 Å². The van der Waals surface area contributed by atoms with Crippen molar-refractivity contribution in [2.75, 3.05) is 19.7 Å². The zero-order valence-electron chi connectivity index (χ0n) is 14.4. The first-order chi connectivity index (χ1) is 11.3. The fourth-order valence-electron chi connectivity index (χ4n) is 3.15. The van der Waals surface area contributed by atoms with Gasteiger partial charge in [-0.15, -0.1) is 12.4 Å². The van der Waals surface area contributed by atoms with E-state index < -0.39 is 0 Å². The molecule has 0 atom stereocenters. The maximum atomic E-state index is 12.8. The van der Waals surface area contributed by atoms with Crippen LogP contribution in [0.25, 0.3) is 0 Å². The maximum absolute atomic E-state index is 12.8. The average molecular weight is 368 g/mol. The second-order valence-electron chi connectivity index (χ2n) is 6.30. The molecule has 0 unspecified atom stereocenters. The van der Waals surface area contributed by atoms with Crippen molar-refractivity contribution < 1.29 is 14.6 Å². The zero-order valence-corrected chi connectivity index (χ0v) is 15.2. The van der Waals surface area contributed by atoms with E-state index in [-0.39, 0.29) is 23.7 Å². The van der Waals surface area contributed by atoms with Gasteiger partial charge in [-0.25, -0.2) is 4.39 Å². The third-order valence-electron chi connectivity index (χ3n) is 4.56. The molecule has 25 heavy (non-hydrogen) atoms. The van der Waals surface area contributed by atoms with Crippen LogP contribution in [0.4, 0.5) is 4.39 Å². The molecule has 0 bridgehead atoms. The fraction of sp³-hybridized carbons (Fsp3) is 0.400. The quantitative estimate of drug-likeness (QED) is 0.771. The van der Waals surface area contributed by atoms with Gasteiger partial charge in [-0.2, -0.15) is 0 Å². The summed E-state index contributed by atoms with van der Waals surface area (Å²) in [4.78, 5) is 2.53. The molecule has 3 rings (SSSR count). The van der Waals surface area contributed by atoms with Crippen molar-refractivity contribution in [2.45, 2.75) is 25.8 Å². The summed E-state index contributed by atoms with van der Waals surface area (Å²) in [5, 5.41) is 0. The lowest BCUT2D eigenvalue weighted by atomic mass is 9.93. The maximum Gasteiger partial charge on any atom is 0.123 e. The molecule has 3 nitrogen and oxygen atoms in total. The van der Waals surface area contributed by atoms with Crippen LogP contribution in [0.2, 0.25) is 0 Å². The summed E-state index contributed by atoms with van der Waals surface area (Å²) < 4.78 is 18.5. The van der Waals surface area contributed by atoms with Crippen LogP contribution in [-0.4, -0.2) is 30.1 Å². The number of ether oxygens (including phenoxy) is 1. The first kappa shape index (κ1) is 21.4.